The fraction of sp³-hybridized carbons (Fsp3) is 0.600. The van der Waals surface area contributed by atoms with Crippen LogP contribution in [0.2, 0.25) is 0 Å². The fourth-order valence-corrected chi connectivity index (χ4v) is 3.85. The maximum Gasteiger partial charge on any atom is 0.279 e. The number of nitrogens with zero attached hydrogens (tertiary/aromatic N) is 2. The summed E-state index contributed by atoms with van der Waals surface area (Å²) in [6.07, 6.45) is 3.86. The zero-order chi connectivity index (χ0) is 15.1. The molecule has 2 rings (SSSR count). The summed E-state index contributed by atoms with van der Waals surface area (Å²) >= 11 is 0. The Balaban J connectivity index is 1.71. The third kappa shape index (κ3) is 4.98. The molecule has 1 heterocycles. The summed E-state index contributed by atoms with van der Waals surface area (Å²) < 4.78 is 28.5. The lowest BCUT2D eigenvalue weighted by Gasteiger charge is -2.26. The summed E-state index contributed by atoms with van der Waals surface area (Å²) in [5.74, 6) is 0. The molecular weight excluding hydrogens is 286 g/mol. The van der Waals surface area contributed by atoms with E-state index < -0.39 is 10.2 Å². The van der Waals surface area contributed by atoms with Crippen LogP contribution >= 0.6 is 0 Å². The molecule has 1 aliphatic heterocycles. The van der Waals surface area contributed by atoms with E-state index in [9.17, 15) is 8.42 Å². The Hall–Kier alpha value is -1.11. The van der Waals surface area contributed by atoms with E-state index in [2.05, 4.69) is 21.8 Å². The van der Waals surface area contributed by atoms with Gasteiger partial charge in [0.2, 0.25) is 0 Å². The van der Waals surface area contributed by atoms with Crippen molar-refractivity contribution in [2.75, 3.05) is 38.1 Å². The van der Waals surface area contributed by atoms with Crippen molar-refractivity contribution in [3.05, 3.63) is 30.3 Å². The number of hydrogen-bond acceptors (Lipinski definition) is 3. The van der Waals surface area contributed by atoms with Crippen LogP contribution in [0.15, 0.2) is 30.3 Å². The maximum atomic E-state index is 12.1. The van der Waals surface area contributed by atoms with Crippen LogP contribution in [0.3, 0.4) is 0 Å². The summed E-state index contributed by atoms with van der Waals surface area (Å²) in [6.45, 7) is 2.61. The zero-order valence-corrected chi connectivity index (χ0v) is 13.5. The summed E-state index contributed by atoms with van der Waals surface area (Å²) in [6, 6.07) is 10.1. The van der Waals surface area contributed by atoms with Crippen LogP contribution in [0.5, 0.6) is 0 Å². The number of nitrogens with one attached hydrogen (secondary N) is 1. The van der Waals surface area contributed by atoms with Gasteiger partial charge in [0.1, 0.15) is 0 Å². The topological polar surface area (TPSA) is 52.7 Å². The van der Waals surface area contributed by atoms with Gasteiger partial charge in [-0.2, -0.15) is 12.7 Å². The van der Waals surface area contributed by atoms with Crippen molar-refractivity contribution >= 4 is 15.9 Å². The molecule has 1 N–H and O–H groups in total. The van der Waals surface area contributed by atoms with Crippen LogP contribution in [-0.2, 0) is 10.2 Å². The predicted molar refractivity (Wildman–Crippen MR) is 86.7 cm³/mol. The Labute approximate surface area is 128 Å². The van der Waals surface area contributed by atoms with Gasteiger partial charge >= 0.3 is 0 Å². The first-order valence-corrected chi connectivity index (χ1v) is 9.04. The van der Waals surface area contributed by atoms with Gasteiger partial charge in [-0.1, -0.05) is 24.6 Å². The highest BCUT2D eigenvalue weighted by Crippen LogP contribution is 2.12. The van der Waals surface area contributed by atoms with E-state index in [1.54, 1.807) is 4.31 Å². The van der Waals surface area contributed by atoms with Gasteiger partial charge in [0.15, 0.2) is 0 Å². The molecule has 0 saturated carbocycles. The molecule has 1 saturated heterocycles. The van der Waals surface area contributed by atoms with Crippen molar-refractivity contribution < 1.29 is 8.42 Å². The van der Waals surface area contributed by atoms with Gasteiger partial charge in [0.25, 0.3) is 10.2 Å². The Morgan fingerprint density at radius 2 is 1.81 bits per heavy atom. The first-order chi connectivity index (χ1) is 10.1. The van der Waals surface area contributed by atoms with Gasteiger partial charge in [-0.15, -0.1) is 0 Å². The Kier molecular flexibility index (Phi) is 6.02. The summed E-state index contributed by atoms with van der Waals surface area (Å²) in [4.78, 5) is 2.13. The molecule has 1 aliphatic rings. The van der Waals surface area contributed by atoms with Gasteiger partial charge in [-0.3, -0.25) is 0 Å². The van der Waals surface area contributed by atoms with Crippen LogP contribution in [0, 0.1) is 0 Å². The first-order valence-electron chi connectivity index (χ1n) is 7.60. The summed E-state index contributed by atoms with van der Waals surface area (Å²) in [7, 11) is -1.26. The quantitative estimate of drug-likeness (QED) is 0.782. The van der Waals surface area contributed by atoms with Crippen LogP contribution in [0.25, 0.3) is 0 Å². The van der Waals surface area contributed by atoms with Gasteiger partial charge < -0.3 is 4.90 Å². The highest BCUT2D eigenvalue weighted by molar-refractivity contribution is 7.87. The van der Waals surface area contributed by atoms with Crippen molar-refractivity contribution in [3.8, 4) is 0 Å². The third-order valence-corrected chi connectivity index (χ3v) is 5.42. The van der Waals surface area contributed by atoms with E-state index in [-0.39, 0.29) is 0 Å². The second-order valence-corrected chi connectivity index (χ2v) is 7.22. The first kappa shape index (κ1) is 16.3. The van der Waals surface area contributed by atoms with Crippen molar-refractivity contribution in [2.45, 2.75) is 25.7 Å². The third-order valence-electron chi connectivity index (χ3n) is 3.81. The number of anilines is 1. The van der Waals surface area contributed by atoms with Gasteiger partial charge in [0, 0.05) is 38.9 Å². The SMILES string of the molecule is CN(CCCNS(=O)(=O)N1CCCCC1)c1ccccc1. The average Bonchev–Trinajstić information content (AvgIpc) is 2.53. The van der Waals surface area contributed by atoms with E-state index in [1.165, 1.54) is 0 Å². The molecule has 0 aliphatic carbocycles. The molecule has 0 spiro atoms. The molecule has 0 aromatic heterocycles. The van der Waals surface area contributed by atoms with Crippen LogP contribution in [-0.4, -0.2) is 45.9 Å². The molecule has 0 bridgehead atoms. The second kappa shape index (κ2) is 7.77. The number of rotatable bonds is 7. The molecule has 0 atom stereocenters. The normalized spacial score (nSPS) is 16.8. The Morgan fingerprint density at radius 1 is 1.14 bits per heavy atom. The molecule has 5 nitrogen and oxygen atoms in total. The van der Waals surface area contributed by atoms with E-state index >= 15 is 0 Å². The van der Waals surface area contributed by atoms with Crippen molar-refractivity contribution in [1.29, 1.82) is 0 Å². The minimum Gasteiger partial charge on any atom is -0.375 e. The summed E-state index contributed by atoms with van der Waals surface area (Å²) in [5, 5.41) is 0. The Morgan fingerprint density at radius 3 is 2.48 bits per heavy atom. The molecule has 21 heavy (non-hydrogen) atoms. The lowest BCUT2D eigenvalue weighted by Crippen LogP contribution is -2.44. The average molecular weight is 311 g/mol. The van der Waals surface area contributed by atoms with Crippen LogP contribution < -0.4 is 9.62 Å². The van der Waals surface area contributed by atoms with Gasteiger partial charge in [-0.25, -0.2) is 4.72 Å². The van der Waals surface area contributed by atoms with Gasteiger partial charge in [0.05, 0.1) is 0 Å². The number of piperidine rings is 1. The molecule has 1 aromatic carbocycles. The number of hydrogen-bond donors (Lipinski definition) is 1. The van der Waals surface area contributed by atoms with E-state index in [0.717, 1.165) is 37.9 Å². The number of benzene rings is 1. The lowest BCUT2D eigenvalue weighted by molar-refractivity contribution is 0.341. The molecule has 0 amide bonds. The van der Waals surface area contributed by atoms with E-state index in [1.807, 2.05) is 25.2 Å². The van der Waals surface area contributed by atoms with E-state index in [0.29, 0.717) is 19.6 Å². The lowest BCUT2D eigenvalue weighted by atomic mass is 10.2. The molecule has 118 valence electrons. The van der Waals surface area contributed by atoms with Crippen LogP contribution in [0.1, 0.15) is 25.7 Å². The summed E-state index contributed by atoms with van der Waals surface area (Å²) in [5.41, 5.74) is 1.15. The van der Waals surface area contributed by atoms with E-state index in [4.69, 9.17) is 0 Å². The minimum atomic E-state index is -3.28. The second-order valence-electron chi connectivity index (χ2n) is 5.47. The predicted octanol–water partition coefficient (Wildman–Crippen LogP) is 1.83. The molecule has 1 fully saturated rings. The highest BCUT2D eigenvalue weighted by Gasteiger charge is 2.22. The smallest absolute Gasteiger partial charge is 0.279 e. The zero-order valence-electron chi connectivity index (χ0n) is 12.7. The van der Waals surface area contributed by atoms with Gasteiger partial charge in [-0.05, 0) is 31.4 Å². The molecular formula is C15H25N3O2S. The van der Waals surface area contributed by atoms with Crippen molar-refractivity contribution in [1.82, 2.24) is 9.03 Å². The standard InChI is InChI=1S/C15H25N3O2S/c1-17(15-9-4-2-5-10-15)12-8-11-16-21(19,20)18-13-6-3-7-14-18/h2,4-5,9-10,16H,3,6-8,11-14H2,1H3. The van der Waals surface area contributed by atoms with Crippen molar-refractivity contribution in [3.63, 3.8) is 0 Å². The number of para-hydroxylation sites is 1. The molecule has 0 unspecified atom stereocenters. The largest absolute Gasteiger partial charge is 0.375 e. The molecule has 1 aromatic rings. The molecule has 0 radical (unpaired) electrons. The fourth-order valence-electron chi connectivity index (χ4n) is 2.53. The monoisotopic (exact) mass is 311 g/mol. The Bertz CT molecular complexity index is 513. The van der Waals surface area contributed by atoms with Crippen LogP contribution in [0.4, 0.5) is 5.69 Å². The minimum absolute atomic E-state index is 0.482. The van der Waals surface area contributed by atoms with Crippen molar-refractivity contribution in [2.24, 2.45) is 0 Å². The maximum absolute atomic E-state index is 12.1. The highest BCUT2D eigenvalue weighted by atomic mass is 32.2. The molecule has 6 heteroatoms.